The molecule has 0 saturated carbocycles. The first-order valence-corrected chi connectivity index (χ1v) is 12.7. The number of hydrogen-bond donors (Lipinski definition) is 4. The van der Waals surface area contributed by atoms with Gasteiger partial charge in [0.15, 0.2) is 12.3 Å². The van der Waals surface area contributed by atoms with Crippen LogP contribution in [0.4, 0.5) is 52.4 Å². The molecule has 44 heavy (non-hydrogen) atoms. The van der Waals surface area contributed by atoms with E-state index < -0.39 is 59.5 Å². The highest BCUT2D eigenvalue weighted by molar-refractivity contribution is 6.07. The molecule has 0 saturated heterocycles. The Kier molecular flexibility index (Phi) is 9.24. The van der Waals surface area contributed by atoms with E-state index in [0.717, 1.165) is 42.5 Å². The van der Waals surface area contributed by atoms with Crippen LogP contribution in [-0.2, 0) is 23.7 Å². The summed E-state index contributed by atoms with van der Waals surface area (Å²) in [5.74, 6) is -2.18. The largest absolute Gasteiger partial charge is 0.471 e. The first-order chi connectivity index (χ1) is 20.6. The van der Waals surface area contributed by atoms with Gasteiger partial charge in [-0.2, -0.15) is 36.3 Å². The summed E-state index contributed by atoms with van der Waals surface area (Å²) in [5.41, 5.74) is -2.86. The van der Waals surface area contributed by atoms with Gasteiger partial charge in [0, 0.05) is 18.7 Å². The van der Waals surface area contributed by atoms with Crippen LogP contribution >= 0.6 is 0 Å². The van der Waals surface area contributed by atoms with Gasteiger partial charge in [0.25, 0.3) is 12.3 Å². The fourth-order valence-electron chi connectivity index (χ4n) is 3.85. The summed E-state index contributed by atoms with van der Waals surface area (Å²) in [4.78, 5) is 35.2. The number of aromatic nitrogens is 3. The minimum atomic E-state index is -4.78. The molecule has 2 amide bonds. The maximum atomic E-state index is 13.7. The topological polar surface area (TPSA) is 121 Å². The third-order valence-electron chi connectivity index (χ3n) is 5.95. The summed E-state index contributed by atoms with van der Waals surface area (Å²) in [7, 11) is 0. The number of benzene rings is 2. The van der Waals surface area contributed by atoms with Gasteiger partial charge in [0.05, 0.1) is 22.3 Å². The fraction of sp³-hybridized carbons (Fsp3) is 0.259. The van der Waals surface area contributed by atoms with Crippen molar-refractivity contribution in [3.05, 3.63) is 70.8 Å². The monoisotopic (exact) mass is 630 g/mol. The van der Waals surface area contributed by atoms with Gasteiger partial charge in [-0.15, -0.1) is 0 Å². The zero-order valence-corrected chi connectivity index (χ0v) is 22.5. The molecule has 17 heteroatoms. The average molecular weight is 630 g/mol. The number of nitrogens with one attached hydrogen (secondary N) is 4. The Labute approximate surface area is 243 Å². The lowest BCUT2D eigenvalue weighted by atomic mass is 10.1. The Hall–Kier alpha value is -4.96. The van der Waals surface area contributed by atoms with Crippen molar-refractivity contribution in [1.29, 1.82) is 0 Å². The van der Waals surface area contributed by atoms with Crippen molar-refractivity contribution >= 4 is 40.3 Å². The van der Waals surface area contributed by atoms with Crippen molar-refractivity contribution in [2.75, 3.05) is 17.2 Å². The second-order valence-corrected chi connectivity index (χ2v) is 9.16. The zero-order chi connectivity index (χ0) is 32.2. The Bertz CT molecular complexity index is 1650. The average Bonchev–Trinajstić information content (AvgIpc) is 3.34. The number of carbonyl (C=O) groups is 2. The normalized spacial score (nSPS) is 12.0. The van der Waals surface area contributed by atoms with Crippen LogP contribution < -0.4 is 20.7 Å². The number of pyridine rings is 1. The van der Waals surface area contributed by atoms with Gasteiger partial charge >= 0.3 is 12.4 Å². The van der Waals surface area contributed by atoms with Crippen molar-refractivity contribution in [1.82, 2.24) is 20.3 Å². The van der Waals surface area contributed by atoms with Gasteiger partial charge in [-0.3, -0.25) is 9.59 Å². The number of amides is 2. The third-order valence-corrected chi connectivity index (χ3v) is 5.95. The summed E-state index contributed by atoms with van der Waals surface area (Å²) in [6, 6.07) is 7.64. The van der Waals surface area contributed by atoms with Gasteiger partial charge < -0.3 is 25.7 Å². The van der Waals surface area contributed by atoms with E-state index in [1.807, 2.05) is 0 Å². The summed E-state index contributed by atoms with van der Waals surface area (Å²) in [6.07, 6.45) is -12.2. The number of alkyl halides is 8. The number of ether oxygens (including phenoxy) is 1. The van der Waals surface area contributed by atoms with E-state index >= 15 is 0 Å². The number of anilines is 3. The SMILES string of the molecule is CCC(=O)NCc1ccc(C(F)(F)F)c(Nc2nc3nc(OCC(F)F)c(C(=O)Nc4ccc(C(F)(F)F)cc4)cc3[nH]2)c1. The number of fused-ring (bicyclic) bond motifs is 1. The standard InChI is InChI=1S/C27H22F8N6O3/c1-2-21(42)36-11-13-3-8-17(27(33,34)35)18(9-13)38-25-39-19-10-16(24(40-22(19)41-25)44-12-20(28)29)23(43)37-15-6-4-14(5-7-15)26(30,31)32/h3-10,20H,2,11-12H2,1H3,(H,36,42)(H,37,43)(H2,38,39,40,41). The van der Waals surface area contributed by atoms with Crippen molar-refractivity contribution in [2.45, 2.75) is 38.7 Å². The minimum Gasteiger partial charge on any atom is -0.471 e. The summed E-state index contributed by atoms with van der Waals surface area (Å²) >= 11 is 0. The Morgan fingerprint density at radius 3 is 2.27 bits per heavy atom. The number of aromatic amines is 1. The van der Waals surface area contributed by atoms with E-state index in [9.17, 15) is 44.7 Å². The van der Waals surface area contributed by atoms with Crippen LogP contribution in [0, 0.1) is 0 Å². The molecule has 0 aliphatic heterocycles. The molecule has 0 fully saturated rings. The van der Waals surface area contributed by atoms with Crippen LogP contribution in [0.5, 0.6) is 5.88 Å². The van der Waals surface area contributed by atoms with Gasteiger partial charge in [-0.05, 0) is 48.0 Å². The maximum Gasteiger partial charge on any atom is 0.418 e. The molecular formula is C27H22F8N6O3. The predicted molar refractivity (Wildman–Crippen MR) is 142 cm³/mol. The lowest BCUT2D eigenvalue weighted by Crippen LogP contribution is -2.21. The Morgan fingerprint density at radius 2 is 1.66 bits per heavy atom. The molecule has 2 heterocycles. The summed E-state index contributed by atoms with van der Waals surface area (Å²) in [6.45, 7) is 0.382. The molecule has 0 unspecified atom stereocenters. The quantitative estimate of drug-likeness (QED) is 0.146. The number of rotatable bonds is 10. The first-order valence-electron chi connectivity index (χ1n) is 12.7. The molecular weight excluding hydrogens is 608 g/mol. The molecule has 9 nitrogen and oxygen atoms in total. The fourth-order valence-corrected chi connectivity index (χ4v) is 3.85. The molecule has 4 rings (SSSR count). The number of halogens is 8. The van der Waals surface area contributed by atoms with Crippen molar-refractivity contribution in [2.24, 2.45) is 0 Å². The first kappa shape index (κ1) is 32.0. The highest BCUT2D eigenvalue weighted by Crippen LogP contribution is 2.37. The highest BCUT2D eigenvalue weighted by Gasteiger charge is 2.34. The van der Waals surface area contributed by atoms with Gasteiger partial charge in [-0.25, -0.2) is 8.78 Å². The van der Waals surface area contributed by atoms with Crippen LogP contribution in [-0.4, -0.2) is 39.8 Å². The van der Waals surface area contributed by atoms with Crippen LogP contribution in [0.1, 0.15) is 40.4 Å². The second kappa shape index (κ2) is 12.7. The van der Waals surface area contributed by atoms with Crippen LogP contribution in [0.3, 0.4) is 0 Å². The smallest absolute Gasteiger partial charge is 0.418 e. The molecule has 234 valence electrons. The number of nitrogens with zero attached hydrogens (tertiary/aromatic N) is 2. The van der Waals surface area contributed by atoms with Gasteiger partial charge in [0.1, 0.15) is 5.56 Å². The molecule has 0 aliphatic rings. The molecule has 0 radical (unpaired) electrons. The number of H-pyrrole nitrogens is 1. The molecule has 4 N–H and O–H groups in total. The minimum absolute atomic E-state index is 0.0191. The van der Waals surface area contributed by atoms with E-state index in [1.165, 1.54) is 6.07 Å². The highest BCUT2D eigenvalue weighted by atomic mass is 19.4. The number of imidazole rings is 1. The lowest BCUT2D eigenvalue weighted by molar-refractivity contribution is -0.138. The van der Waals surface area contributed by atoms with E-state index in [4.69, 9.17) is 4.74 Å². The van der Waals surface area contributed by atoms with Crippen LogP contribution in [0.2, 0.25) is 0 Å². The van der Waals surface area contributed by atoms with Gasteiger partial charge in [0.2, 0.25) is 17.7 Å². The molecule has 0 spiro atoms. The molecule has 4 aromatic rings. The van der Waals surface area contributed by atoms with E-state index in [0.29, 0.717) is 5.56 Å². The molecule has 0 bridgehead atoms. The molecule has 0 aliphatic carbocycles. The Morgan fingerprint density at radius 1 is 0.955 bits per heavy atom. The molecule has 0 atom stereocenters. The van der Waals surface area contributed by atoms with Gasteiger partial charge in [-0.1, -0.05) is 13.0 Å². The number of hydrogen-bond acceptors (Lipinski definition) is 6. The number of carbonyl (C=O) groups excluding carboxylic acids is 2. The molecule has 2 aromatic heterocycles. The van der Waals surface area contributed by atoms with E-state index in [1.54, 1.807) is 6.92 Å². The van der Waals surface area contributed by atoms with Crippen molar-refractivity contribution in [3.63, 3.8) is 0 Å². The maximum absolute atomic E-state index is 13.7. The predicted octanol–water partition coefficient (Wildman–Crippen LogP) is 6.66. The third kappa shape index (κ3) is 7.90. The van der Waals surface area contributed by atoms with Crippen molar-refractivity contribution < 1.29 is 49.4 Å². The van der Waals surface area contributed by atoms with E-state index in [-0.39, 0.29) is 41.7 Å². The second-order valence-electron chi connectivity index (χ2n) is 9.16. The Balaban J connectivity index is 1.66. The summed E-state index contributed by atoms with van der Waals surface area (Å²) in [5, 5.41) is 7.36. The van der Waals surface area contributed by atoms with Crippen molar-refractivity contribution in [3.8, 4) is 5.88 Å². The van der Waals surface area contributed by atoms with E-state index in [2.05, 4.69) is 30.9 Å². The van der Waals surface area contributed by atoms with Crippen LogP contribution in [0.25, 0.3) is 11.2 Å². The summed E-state index contributed by atoms with van der Waals surface area (Å²) < 4.78 is 110. The lowest BCUT2D eigenvalue weighted by Gasteiger charge is -2.15. The van der Waals surface area contributed by atoms with Crippen LogP contribution in [0.15, 0.2) is 48.5 Å². The zero-order valence-electron chi connectivity index (χ0n) is 22.5. The molecule has 2 aromatic carbocycles.